The first-order valence-electron chi connectivity index (χ1n) is 3.79. The highest BCUT2D eigenvalue weighted by Crippen LogP contribution is 2.37. The first kappa shape index (κ1) is 8.37. The molecular weight excluding hydrogens is 188 g/mol. The van der Waals surface area contributed by atoms with E-state index >= 15 is 0 Å². The van der Waals surface area contributed by atoms with Gasteiger partial charge in [-0.05, 0) is 12.8 Å². The third-order valence-corrected chi connectivity index (χ3v) is 4.41. The van der Waals surface area contributed by atoms with Gasteiger partial charge in [-0.3, -0.25) is 0 Å². The molecule has 1 saturated carbocycles. The fraction of sp³-hybridized carbons (Fsp3) is 1.00. The van der Waals surface area contributed by atoms with Crippen LogP contribution in [0, 0.1) is 0 Å². The van der Waals surface area contributed by atoms with Crippen LogP contribution in [0.5, 0.6) is 0 Å². The van der Waals surface area contributed by atoms with Crippen molar-refractivity contribution in [2.75, 3.05) is 13.1 Å². The van der Waals surface area contributed by atoms with Gasteiger partial charge < -0.3 is 0 Å². The molecule has 1 saturated heterocycles. The van der Waals surface area contributed by atoms with Crippen LogP contribution < -0.4 is 0 Å². The van der Waals surface area contributed by atoms with E-state index in [9.17, 15) is 17.2 Å². The van der Waals surface area contributed by atoms with Crippen molar-refractivity contribution in [2.24, 2.45) is 0 Å². The molecule has 6 heteroatoms. The van der Waals surface area contributed by atoms with E-state index in [2.05, 4.69) is 0 Å². The van der Waals surface area contributed by atoms with Gasteiger partial charge in [0.15, 0.2) is 0 Å². The van der Waals surface area contributed by atoms with Gasteiger partial charge in [-0.1, -0.05) is 0 Å². The standard InChI is InChI=1S/C6H9F2NO2S/c7-6(8)3-9(4-6)12(10,11)5-1-2-5/h5H,1-4H2. The minimum Gasteiger partial charge on any atom is -0.212 e. The minimum atomic E-state index is -3.35. The van der Waals surface area contributed by atoms with E-state index < -0.39 is 29.0 Å². The molecule has 0 N–H and O–H groups in total. The van der Waals surface area contributed by atoms with Crippen molar-refractivity contribution in [1.82, 2.24) is 4.31 Å². The summed E-state index contributed by atoms with van der Waals surface area (Å²) >= 11 is 0. The van der Waals surface area contributed by atoms with Gasteiger partial charge in [0.25, 0.3) is 5.92 Å². The second kappa shape index (κ2) is 2.17. The SMILES string of the molecule is O=S(=O)(C1CC1)N1CC(F)(F)C1. The molecule has 0 amide bonds. The predicted octanol–water partition coefficient (Wildman–Crippen LogP) is 0.429. The lowest BCUT2D eigenvalue weighted by molar-refractivity contribution is -0.0945. The summed E-state index contributed by atoms with van der Waals surface area (Å²) < 4.78 is 48.0. The molecule has 0 radical (unpaired) electrons. The third-order valence-electron chi connectivity index (χ3n) is 2.12. The second-order valence-electron chi connectivity index (χ2n) is 3.37. The molecule has 1 aliphatic heterocycles. The molecule has 2 aliphatic rings. The van der Waals surface area contributed by atoms with Gasteiger partial charge in [0.2, 0.25) is 10.0 Å². The summed E-state index contributed by atoms with van der Waals surface area (Å²) in [5, 5.41) is -0.367. The molecule has 0 aromatic rings. The molecule has 0 unspecified atom stereocenters. The molecule has 2 fully saturated rings. The zero-order chi connectivity index (χ0) is 8.98. The molecular formula is C6H9F2NO2S. The predicted molar refractivity (Wildman–Crippen MR) is 38.5 cm³/mol. The highest BCUT2D eigenvalue weighted by molar-refractivity contribution is 7.90. The molecule has 12 heavy (non-hydrogen) atoms. The van der Waals surface area contributed by atoms with Crippen LogP contribution in [-0.4, -0.2) is 37.0 Å². The Morgan fingerprint density at radius 2 is 1.75 bits per heavy atom. The molecule has 0 aromatic carbocycles. The van der Waals surface area contributed by atoms with Gasteiger partial charge in [-0.2, -0.15) is 4.31 Å². The Hall–Kier alpha value is -0.230. The van der Waals surface area contributed by atoms with Crippen LogP contribution in [-0.2, 0) is 10.0 Å². The van der Waals surface area contributed by atoms with Crippen LogP contribution in [0.4, 0.5) is 8.78 Å². The fourth-order valence-electron chi connectivity index (χ4n) is 1.23. The van der Waals surface area contributed by atoms with E-state index in [1.807, 2.05) is 0 Å². The van der Waals surface area contributed by atoms with Gasteiger partial charge >= 0.3 is 0 Å². The summed E-state index contributed by atoms with van der Waals surface area (Å²) in [6, 6.07) is 0. The van der Waals surface area contributed by atoms with E-state index in [0.29, 0.717) is 12.8 Å². The Morgan fingerprint density at radius 3 is 2.08 bits per heavy atom. The minimum absolute atomic E-state index is 0.367. The lowest BCUT2D eigenvalue weighted by Gasteiger charge is -2.37. The Morgan fingerprint density at radius 1 is 1.25 bits per heavy atom. The molecule has 3 nitrogen and oxygen atoms in total. The third kappa shape index (κ3) is 1.22. The first-order valence-corrected chi connectivity index (χ1v) is 5.29. The zero-order valence-corrected chi connectivity index (χ0v) is 7.15. The summed E-state index contributed by atoms with van der Waals surface area (Å²) in [6.45, 7) is -1.24. The highest BCUT2D eigenvalue weighted by atomic mass is 32.2. The maximum absolute atomic E-state index is 12.3. The fourth-order valence-corrected chi connectivity index (χ4v) is 3.12. The monoisotopic (exact) mass is 197 g/mol. The van der Waals surface area contributed by atoms with Crippen LogP contribution in [0.2, 0.25) is 0 Å². The molecule has 0 spiro atoms. The second-order valence-corrected chi connectivity index (χ2v) is 5.58. The summed E-state index contributed by atoms with van der Waals surface area (Å²) in [5.41, 5.74) is 0. The first-order chi connectivity index (χ1) is 5.42. The molecule has 1 aliphatic carbocycles. The van der Waals surface area contributed by atoms with E-state index in [1.54, 1.807) is 0 Å². The number of nitrogens with zero attached hydrogens (tertiary/aromatic N) is 1. The van der Waals surface area contributed by atoms with Crippen molar-refractivity contribution >= 4 is 10.0 Å². The van der Waals surface area contributed by atoms with Crippen LogP contribution in [0.3, 0.4) is 0 Å². The largest absolute Gasteiger partial charge is 0.275 e. The van der Waals surface area contributed by atoms with E-state index in [0.717, 1.165) is 4.31 Å². The van der Waals surface area contributed by atoms with Crippen LogP contribution in [0.15, 0.2) is 0 Å². The zero-order valence-electron chi connectivity index (χ0n) is 6.33. The summed E-state index contributed by atoms with van der Waals surface area (Å²) in [6.07, 6.45) is 1.26. The van der Waals surface area contributed by atoms with Gasteiger partial charge in [0.05, 0.1) is 18.3 Å². The van der Waals surface area contributed by atoms with Crippen LogP contribution >= 0.6 is 0 Å². The molecule has 70 valence electrons. The molecule has 0 bridgehead atoms. The average molecular weight is 197 g/mol. The van der Waals surface area contributed by atoms with Crippen molar-refractivity contribution < 1.29 is 17.2 Å². The van der Waals surface area contributed by atoms with E-state index in [1.165, 1.54) is 0 Å². The van der Waals surface area contributed by atoms with E-state index in [4.69, 9.17) is 0 Å². The number of rotatable bonds is 2. The normalized spacial score (nSPS) is 29.8. The topological polar surface area (TPSA) is 37.4 Å². The lowest BCUT2D eigenvalue weighted by Crippen LogP contribution is -2.59. The quantitative estimate of drug-likeness (QED) is 0.643. The smallest absolute Gasteiger partial charge is 0.212 e. The lowest BCUT2D eigenvalue weighted by atomic mass is 10.2. The Kier molecular flexibility index (Phi) is 1.51. The average Bonchev–Trinajstić information content (AvgIpc) is 2.62. The van der Waals surface area contributed by atoms with Crippen molar-refractivity contribution in [3.63, 3.8) is 0 Å². The number of alkyl halides is 2. The van der Waals surface area contributed by atoms with Crippen molar-refractivity contribution in [3.8, 4) is 0 Å². The van der Waals surface area contributed by atoms with Gasteiger partial charge in [0, 0.05) is 0 Å². The molecule has 0 atom stereocenters. The number of hydrogen-bond donors (Lipinski definition) is 0. The summed E-state index contributed by atoms with van der Waals surface area (Å²) in [7, 11) is -3.35. The number of sulfonamides is 1. The molecule has 2 rings (SSSR count). The Labute approximate surface area is 69.4 Å². The number of hydrogen-bond acceptors (Lipinski definition) is 2. The highest BCUT2D eigenvalue weighted by Gasteiger charge is 2.53. The van der Waals surface area contributed by atoms with Crippen LogP contribution in [0.1, 0.15) is 12.8 Å². The Bertz CT molecular complexity index is 289. The molecule has 0 aromatic heterocycles. The van der Waals surface area contributed by atoms with Crippen LogP contribution in [0.25, 0.3) is 0 Å². The van der Waals surface area contributed by atoms with Gasteiger partial charge in [-0.25, -0.2) is 17.2 Å². The maximum atomic E-state index is 12.3. The summed E-state index contributed by atoms with van der Waals surface area (Å²) in [5.74, 6) is -2.79. The van der Waals surface area contributed by atoms with Gasteiger partial charge in [0.1, 0.15) is 0 Å². The maximum Gasteiger partial charge on any atom is 0.275 e. The van der Waals surface area contributed by atoms with Gasteiger partial charge in [-0.15, -0.1) is 0 Å². The molecule has 1 heterocycles. The van der Waals surface area contributed by atoms with Crippen molar-refractivity contribution in [2.45, 2.75) is 24.0 Å². The van der Waals surface area contributed by atoms with Crippen molar-refractivity contribution in [1.29, 1.82) is 0 Å². The van der Waals surface area contributed by atoms with E-state index in [-0.39, 0.29) is 5.25 Å². The summed E-state index contributed by atoms with van der Waals surface area (Å²) in [4.78, 5) is 0. The number of halogens is 2. The Balaban J connectivity index is 2.04. The van der Waals surface area contributed by atoms with Crippen molar-refractivity contribution in [3.05, 3.63) is 0 Å².